The van der Waals surface area contributed by atoms with Crippen molar-refractivity contribution in [2.24, 2.45) is 10.8 Å². The first-order valence-electron chi connectivity index (χ1n) is 6.87. The first-order valence-corrected chi connectivity index (χ1v) is 6.87. The van der Waals surface area contributed by atoms with Crippen LogP contribution < -0.4 is 11.2 Å². The molecule has 0 atom stereocenters. The van der Waals surface area contributed by atoms with Gasteiger partial charge in [-0.1, -0.05) is 29.8 Å². The summed E-state index contributed by atoms with van der Waals surface area (Å²) in [6, 6.07) is 7.83. The average Bonchev–Trinajstić information content (AvgIpc) is 3.26. The quantitative estimate of drug-likeness (QED) is 0.374. The molecule has 112 valence electrons. The van der Waals surface area contributed by atoms with Crippen LogP contribution in [-0.2, 0) is 19.7 Å². The van der Waals surface area contributed by atoms with E-state index in [-0.39, 0.29) is 18.3 Å². The van der Waals surface area contributed by atoms with Gasteiger partial charge in [-0.2, -0.15) is 0 Å². The average molecular weight is 289 g/mol. The Labute approximate surface area is 123 Å². The molecule has 0 aliphatic heterocycles. The molecule has 0 saturated heterocycles. The second kappa shape index (κ2) is 5.95. The van der Waals surface area contributed by atoms with Crippen molar-refractivity contribution in [2.45, 2.75) is 32.1 Å². The van der Waals surface area contributed by atoms with E-state index < -0.39 is 11.4 Å². The molecule has 1 fully saturated rings. The van der Waals surface area contributed by atoms with Gasteiger partial charge in [0.15, 0.2) is 0 Å². The minimum Gasteiger partial charge on any atom is -0.460 e. The Morgan fingerprint density at radius 3 is 2.71 bits per heavy atom. The molecule has 0 unspecified atom stereocenters. The summed E-state index contributed by atoms with van der Waals surface area (Å²) >= 11 is 0. The van der Waals surface area contributed by atoms with Crippen LogP contribution in [-0.4, -0.2) is 24.3 Å². The first-order chi connectivity index (χ1) is 9.99. The fourth-order valence-electron chi connectivity index (χ4n) is 2.18. The molecule has 0 radical (unpaired) electrons. The van der Waals surface area contributed by atoms with Crippen molar-refractivity contribution >= 4 is 17.7 Å². The van der Waals surface area contributed by atoms with Crippen LogP contribution in [0.25, 0.3) is 0 Å². The van der Waals surface area contributed by atoms with Gasteiger partial charge in [-0.25, -0.2) is 10.2 Å². The highest BCUT2D eigenvalue weighted by Gasteiger charge is 2.51. The predicted molar refractivity (Wildman–Crippen MR) is 78.5 cm³/mol. The van der Waals surface area contributed by atoms with Gasteiger partial charge in [-0.3, -0.25) is 4.79 Å². The van der Waals surface area contributed by atoms with Crippen LogP contribution in [0.2, 0.25) is 0 Å². The van der Waals surface area contributed by atoms with E-state index in [4.69, 9.17) is 10.5 Å². The fraction of sp³-hybridized carbons (Fsp3) is 0.400. The number of esters is 1. The molecule has 0 heterocycles. The second-order valence-electron chi connectivity index (χ2n) is 5.11. The highest BCUT2D eigenvalue weighted by Crippen LogP contribution is 2.48. The van der Waals surface area contributed by atoms with Gasteiger partial charge in [0.25, 0.3) is 5.91 Å². The largest absolute Gasteiger partial charge is 0.460 e. The summed E-state index contributed by atoms with van der Waals surface area (Å²) in [6.45, 7) is 3.85. The molecule has 1 saturated carbocycles. The number of hydrogen-bond acceptors (Lipinski definition) is 4. The maximum atomic E-state index is 12.3. The topological polar surface area (TPSA) is 93.8 Å². The number of benzene rings is 1. The molecule has 0 aromatic heterocycles. The van der Waals surface area contributed by atoms with E-state index >= 15 is 0 Å². The summed E-state index contributed by atoms with van der Waals surface area (Å²) in [5, 5.41) is 3.62. The monoisotopic (exact) mass is 289 g/mol. The summed E-state index contributed by atoms with van der Waals surface area (Å²) in [4.78, 5) is 23.6. The highest BCUT2D eigenvalue weighted by atomic mass is 16.5. The molecule has 0 spiro atoms. The molecule has 1 aliphatic rings. The SMILES string of the molecule is CCOC(=O)/C(N)=N\NC(=O)C1(c2cccc(C)c2)CC1. The van der Waals surface area contributed by atoms with Crippen LogP contribution >= 0.6 is 0 Å². The Kier molecular flexibility index (Phi) is 4.26. The maximum Gasteiger partial charge on any atom is 0.375 e. The Morgan fingerprint density at radius 2 is 2.14 bits per heavy atom. The lowest BCUT2D eigenvalue weighted by Crippen LogP contribution is -2.35. The number of amidine groups is 1. The number of nitrogens with zero attached hydrogens (tertiary/aromatic N) is 1. The fourth-order valence-corrected chi connectivity index (χ4v) is 2.18. The van der Waals surface area contributed by atoms with Crippen LogP contribution in [0.3, 0.4) is 0 Å². The molecule has 1 aromatic rings. The zero-order valence-corrected chi connectivity index (χ0v) is 12.2. The molecule has 3 N–H and O–H groups in total. The van der Waals surface area contributed by atoms with E-state index in [0.29, 0.717) is 0 Å². The molecule has 1 aliphatic carbocycles. The smallest absolute Gasteiger partial charge is 0.375 e. The number of nitrogens with one attached hydrogen (secondary N) is 1. The predicted octanol–water partition coefficient (Wildman–Crippen LogP) is 0.978. The standard InChI is InChI=1S/C15H19N3O3/c1-3-21-13(19)12(16)17-18-14(20)15(7-8-15)11-6-4-5-10(2)9-11/h4-6,9H,3,7-8H2,1-2H3,(H2,16,17)(H,18,20). The number of hydrogen-bond donors (Lipinski definition) is 2. The Bertz CT molecular complexity index is 592. The molecule has 21 heavy (non-hydrogen) atoms. The Balaban J connectivity index is 2.07. The van der Waals surface area contributed by atoms with Crippen molar-refractivity contribution in [2.75, 3.05) is 6.61 Å². The van der Waals surface area contributed by atoms with E-state index in [2.05, 4.69) is 10.5 Å². The van der Waals surface area contributed by atoms with Crippen molar-refractivity contribution in [3.8, 4) is 0 Å². The summed E-state index contributed by atoms with van der Waals surface area (Å²) < 4.78 is 4.69. The third kappa shape index (κ3) is 3.21. The van der Waals surface area contributed by atoms with Gasteiger partial charge in [0.05, 0.1) is 12.0 Å². The van der Waals surface area contributed by atoms with Crippen molar-refractivity contribution in [3.05, 3.63) is 35.4 Å². The minimum atomic E-state index is -0.738. The van der Waals surface area contributed by atoms with Crippen LogP contribution in [0.1, 0.15) is 30.9 Å². The summed E-state index contributed by atoms with van der Waals surface area (Å²) in [7, 11) is 0. The van der Waals surface area contributed by atoms with E-state index in [1.807, 2.05) is 31.2 Å². The lowest BCUT2D eigenvalue weighted by Gasteiger charge is -2.14. The molecule has 2 rings (SSSR count). The lowest BCUT2D eigenvalue weighted by atomic mass is 9.94. The number of amides is 1. The zero-order chi connectivity index (χ0) is 15.5. The van der Waals surface area contributed by atoms with Gasteiger partial charge < -0.3 is 10.5 Å². The van der Waals surface area contributed by atoms with Gasteiger partial charge in [0, 0.05) is 0 Å². The Morgan fingerprint density at radius 1 is 1.43 bits per heavy atom. The molecule has 1 aromatic carbocycles. The summed E-state index contributed by atoms with van der Waals surface area (Å²) in [5.41, 5.74) is 9.31. The Hall–Kier alpha value is -2.37. The third-order valence-electron chi connectivity index (χ3n) is 3.52. The van der Waals surface area contributed by atoms with E-state index in [0.717, 1.165) is 24.0 Å². The summed E-state index contributed by atoms with van der Waals surface area (Å²) in [5.74, 6) is -1.34. The van der Waals surface area contributed by atoms with E-state index in [1.54, 1.807) is 6.92 Å². The van der Waals surface area contributed by atoms with Crippen LogP contribution in [0.15, 0.2) is 29.4 Å². The van der Waals surface area contributed by atoms with Gasteiger partial charge in [0.2, 0.25) is 5.84 Å². The molecule has 1 amide bonds. The molecular weight excluding hydrogens is 270 g/mol. The molecule has 6 heteroatoms. The normalized spacial score (nSPS) is 16.2. The van der Waals surface area contributed by atoms with Crippen molar-refractivity contribution in [3.63, 3.8) is 0 Å². The van der Waals surface area contributed by atoms with Gasteiger partial charge in [0.1, 0.15) is 0 Å². The van der Waals surface area contributed by atoms with Crippen LogP contribution in [0.5, 0.6) is 0 Å². The number of carbonyl (C=O) groups is 2. The number of aryl methyl sites for hydroxylation is 1. The number of nitrogens with two attached hydrogens (primary N) is 1. The van der Waals surface area contributed by atoms with Crippen molar-refractivity contribution in [1.29, 1.82) is 0 Å². The second-order valence-corrected chi connectivity index (χ2v) is 5.11. The molecule has 6 nitrogen and oxygen atoms in total. The molecular formula is C15H19N3O3. The minimum absolute atomic E-state index is 0.205. The lowest BCUT2D eigenvalue weighted by molar-refractivity contribution is -0.135. The third-order valence-corrected chi connectivity index (χ3v) is 3.52. The zero-order valence-electron chi connectivity index (χ0n) is 12.2. The first kappa shape index (κ1) is 15.0. The van der Waals surface area contributed by atoms with E-state index in [1.165, 1.54) is 0 Å². The van der Waals surface area contributed by atoms with Crippen molar-refractivity contribution < 1.29 is 14.3 Å². The van der Waals surface area contributed by atoms with Gasteiger partial charge in [-0.15, -0.1) is 5.10 Å². The highest BCUT2D eigenvalue weighted by molar-refractivity contribution is 6.34. The van der Waals surface area contributed by atoms with Gasteiger partial charge >= 0.3 is 5.97 Å². The maximum absolute atomic E-state index is 12.3. The van der Waals surface area contributed by atoms with Crippen molar-refractivity contribution in [1.82, 2.24) is 5.43 Å². The van der Waals surface area contributed by atoms with E-state index in [9.17, 15) is 9.59 Å². The number of carbonyl (C=O) groups excluding carboxylic acids is 2. The number of rotatable bonds is 4. The van der Waals surface area contributed by atoms with Crippen LogP contribution in [0, 0.1) is 6.92 Å². The van der Waals surface area contributed by atoms with Crippen LogP contribution in [0.4, 0.5) is 0 Å². The summed E-state index contributed by atoms with van der Waals surface area (Å²) in [6.07, 6.45) is 1.52. The van der Waals surface area contributed by atoms with Gasteiger partial charge in [-0.05, 0) is 32.3 Å². The number of hydrazone groups is 1. The molecule has 0 bridgehead atoms. The number of ether oxygens (including phenoxy) is 1.